The molecule has 0 fully saturated rings. The van der Waals surface area contributed by atoms with E-state index in [4.69, 9.17) is 9.84 Å². The Balaban J connectivity index is 1.51. The molecule has 8 nitrogen and oxygen atoms in total. The van der Waals surface area contributed by atoms with Crippen LogP contribution in [-0.2, 0) is 19.2 Å². The maximum absolute atomic E-state index is 12.1. The van der Waals surface area contributed by atoms with Crippen molar-refractivity contribution in [1.82, 2.24) is 10.8 Å². The summed E-state index contributed by atoms with van der Waals surface area (Å²) in [6.07, 6.45) is -0.706. The van der Waals surface area contributed by atoms with Crippen molar-refractivity contribution in [3.63, 3.8) is 0 Å². The van der Waals surface area contributed by atoms with Crippen LogP contribution in [0.1, 0.15) is 30.4 Å². The molecule has 0 spiro atoms. The summed E-state index contributed by atoms with van der Waals surface area (Å²) in [7, 11) is 0. The molecule has 1 aliphatic carbocycles. The molecule has 29 heavy (non-hydrogen) atoms. The fourth-order valence-electron chi connectivity index (χ4n) is 3.39. The number of carboxylic acid groups (broad SMARTS) is 1. The maximum Gasteiger partial charge on any atom is 0.407 e. The number of ether oxygens (including phenoxy) is 1. The molecular weight excluding hydrogens is 376 g/mol. The average molecular weight is 398 g/mol. The molecule has 1 aliphatic rings. The summed E-state index contributed by atoms with van der Waals surface area (Å²) in [4.78, 5) is 38.6. The smallest absolute Gasteiger partial charge is 0.407 e. The molecule has 0 radical (unpaired) electrons. The lowest BCUT2D eigenvalue weighted by molar-refractivity contribution is -0.149. The van der Waals surface area contributed by atoms with E-state index < -0.39 is 30.6 Å². The second-order valence-corrected chi connectivity index (χ2v) is 6.78. The number of aliphatic carboxylic acids is 1. The molecule has 8 heteroatoms. The Hall–Kier alpha value is -3.39. The number of hydrogen-bond donors (Lipinski definition) is 3. The molecule has 3 N–H and O–H groups in total. The Bertz CT molecular complexity index is 868. The van der Waals surface area contributed by atoms with E-state index in [1.165, 1.54) is 0 Å². The predicted molar refractivity (Wildman–Crippen MR) is 104 cm³/mol. The van der Waals surface area contributed by atoms with Crippen LogP contribution in [0.5, 0.6) is 0 Å². The van der Waals surface area contributed by atoms with Gasteiger partial charge in [-0.05, 0) is 29.2 Å². The fourth-order valence-corrected chi connectivity index (χ4v) is 3.39. The van der Waals surface area contributed by atoms with Crippen molar-refractivity contribution in [2.45, 2.75) is 25.3 Å². The van der Waals surface area contributed by atoms with Crippen molar-refractivity contribution in [3.05, 3.63) is 59.7 Å². The molecule has 0 aromatic heterocycles. The molecule has 0 saturated carbocycles. The molecule has 1 unspecified atom stereocenters. The largest absolute Gasteiger partial charge is 0.479 e. The quantitative estimate of drug-likeness (QED) is 0.589. The van der Waals surface area contributed by atoms with E-state index in [0.29, 0.717) is 0 Å². The number of fused-ring (bicyclic) bond motifs is 3. The first-order valence-corrected chi connectivity index (χ1v) is 9.19. The Morgan fingerprint density at radius 3 is 2.21 bits per heavy atom. The number of hydrogen-bond acceptors (Lipinski definition) is 5. The Morgan fingerprint density at radius 2 is 1.62 bits per heavy atom. The van der Waals surface area contributed by atoms with Gasteiger partial charge in [0.1, 0.15) is 6.61 Å². The minimum atomic E-state index is -1.20. The van der Waals surface area contributed by atoms with Gasteiger partial charge in [-0.2, -0.15) is 0 Å². The molecule has 0 aliphatic heterocycles. The predicted octanol–water partition coefficient (Wildman–Crippen LogP) is 2.44. The third kappa shape index (κ3) is 5.11. The highest BCUT2D eigenvalue weighted by Crippen LogP contribution is 2.44. The zero-order valence-electron chi connectivity index (χ0n) is 15.9. The molecular formula is C21H22N2O6. The highest BCUT2D eigenvalue weighted by atomic mass is 16.7. The van der Waals surface area contributed by atoms with Crippen molar-refractivity contribution in [3.8, 4) is 11.1 Å². The summed E-state index contributed by atoms with van der Waals surface area (Å²) >= 11 is 0. The standard InChI is InChI=1S/C21H22N2O6/c1-13(10-19(24)23-29-12-20(25)26)22-21(27)28-11-18-16-8-4-2-6-14(16)15-7-3-5-9-17(15)18/h2-9,13,18H,10-12H2,1H3,(H,22,27)(H,23,24)(H,25,26). The molecule has 152 valence electrons. The lowest BCUT2D eigenvalue weighted by Gasteiger charge is -2.17. The van der Waals surface area contributed by atoms with Crippen LogP contribution >= 0.6 is 0 Å². The zero-order chi connectivity index (χ0) is 20.8. The summed E-state index contributed by atoms with van der Waals surface area (Å²) < 4.78 is 5.41. The number of carbonyl (C=O) groups is 3. The molecule has 3 rings (SSSR count). The van der Waals surface area contributed by atoms with Gasteiger partial charge in [-0.15, -0.1) is 0 Å². The van der Waals surface area contributed by atoms with Gasteiger partial charge in [-0.1, -0.05) is 48.5 Å². The van der Waals surface area contributed by atoms with Gasteiger partial charge in [0.2, 0.25) is 5.91 Å². The lowest BCUT2D eigenvalue weighted by atomic mass is 9.98. The summed E-state index contributed by atoms with van der Waals surface area (Å²) in [5, 5.41) is 11.0. The van der Waals surface area contributed by atoms with Crippen LogP contribution < -0.4 is 10.8 Å². The minimum absolute atomic E-state index is 0.0452. The number of amides is 2. The van der Waals surface area contributed by atoms with E-state index in [2.05, 4.69) is 22.3 Å². The third-order valence-electron chi connectivity index (χ3n) is 4.58. The van der Waals surface area contributed by atoms with Crippen LogP contribution in [0.3, 0.4) is 0 Å². The van der Waals surface area contributed by atoms with E-state index >= 15 is 0 Å². The Labute approximate surface area is 167 Å². The minimum Gasteiger partial charge on any atom is -0.479 e. The number of benzene rings is 2. The van der Waals surface area contributed by atoms with Crippen molar-refractivity contribution >= 4 is 18.0 Å². The van der Waals surface area contributed by atoms with Crippen molar-refractivity contribution in [1.29, 1.82) is 0 Å². The molecule has 2 aromatic carbocycles. The van der Waals surface area contributed by atoms with Crippen molar-refractivity contribution in [2.75, 3.05) is 13.2 Å². The molecule has 0 heterocycles. The van der Waals surface area contributed by atoms with Crippen molar-refractivity contribution in [2.24, 2.45) is 0 Å². The van der Waals surface area contributed by atoms with Gasteiger partial charge < -0.3 is 15.2 Å². The average Bonchev–Trinajstić information content (AvgIpc) is 3.00. The van der Waals surface area contributed by atoms with Crippen LogP contribution in [0.25, 0.3) is 11.1 Å². The summed E-state index contributed by atoms with van der Waals surface area (Å²) in [6.45, 7) is 1.18. The Morgan fingerprint density at radius 1 is 1.03 bits per heavy atom. The number of hydroxylamine groups is 1. The van der Waals surface area contributed by atoms with Crippen LogP contribution in [0.15, 0.2) is 48.5 Å². The monoisotopic (exact) mass is 398 g/mol. The number of carbonyl (C=O) groups excluding carboxylic acids is 2. The SMILES string of the molecule is CC(CC(=O)NOCC(=O)O)NC(=O)OCC1c2ccccc2-c2ccccc21. The van der Waals surface area contributed by atoms with E-state index in [1.807, 2.05) is 41.9 Å². The topological polar surface area (TPSA) is 114 Å². The van der Waals surface area contributed by atoms with Gasteiger partial charge in [0.25, 0.3) is 0 Å². The molecule has 2 amide bonds. The van der Waals surface area contributed by atoms with Gasteiger partial charge in [-0.3, -0.25) is 9.63 Å². The van der Waals surface area contributed by atoms with E-state index in [9.17, 15) is 14.4 Å². The summed E-state index contributed by atoms with van der Waals surface area (Å²) in [5.74, 6) is -1.79. The second-order valence-electron chi connectivity index (χ2n) is 6.78. The summed E-state index contributed by atoms with van der Waals surface area (Å²) in [6, 6.07) is 15.6. The maximum atomic E-state index is 12.1. The summed E-state index contributed by atoms with van der Waals surface area (Å²) in [5.41, 5.74) is 6.52. The first-order valence-electron chi connectivity index (χ1n) is 9.19. The van der Waals surface area contributed by atoms with Crippen LogP contribution in [0.4, 0.5) is 4.79 Å². The van der Waals surface area contributed by atoms with Gasteiger partial charge >= 0.3 is 12.1 Å². The molecule has 2 aromatic rings. The van der Waals surface area contributed by atoms with Gasteiger partial charge in [0.05, 0.1) is 0 Å². The fraction of sp³-hybridized carbons (Fsp3) is 0.286. The normalized spacial score (nSPS) is 13.1. The molecule has 0 saturated heterocycles. The first kappa shape index (κ1) is 20.3. The second kappa shape index (κ2) is 9.20. The van der Waals surface area contributed by atoms with Gasteiger partial charge in [0.15, 0.2) is 6.61 Å². The zero-order valence-corrected chi connectivity index (χ0v) is 15.9. The molecule has 1 atom stereocenters. The number of rotatable bonds is 8. The lowest BCUT2D eigenvalue weighted by Crippen LogP contribution is -2.38. The van der Waals surface area contributed by atoms with Gasteiger partial charge in [0, 0.05) is 18.4 Å². The highest BCUT2D eigenvalue weighted by Gasteiger charge is 2.29. The number of alkyl carbamates (subject to hydrolysis) is 1. The number of carboxylic acids is 1. The van der Waals surface area contributed by atoms with E-state index in [-0.39, 0.29) is 18.9 Å². The van der Waals surface area contributed by atoms with Crippen molar-refractivity contribution < 1.29 is 29.1 Å². The third-order valence-corrected chi connectivity index (χ3v) is 4.58. The van der Waals surface area contributed by atoms with Crippen LogP contribution in [0, 0.1) is 0 Å². The van der Waals surface area contributed by atoms with E-state index in [1.54, 1.807) is 6.92 Å². The van der Waals surface area contributed by atoms with Gasteiger partial charge in [-0.25, -0.2) is 15.1 Å². The number of nitrogens with one attached hydrogen (secondary N) is 2. The van der Waals surface area contributed by atoms with Crippen LogP contribution in [-0.4, -0.2) is 42.3 Å². The van der Waals surface area contributed by atoms with Crippen LogP contribution in [0.2, 0.25) is 0 Å². The first-order chi connectivity index (χ1) is 14.0. The molecule has 0 bridgehead atoms. The highest BCUT2D eigenvalue weighted by molar-refractivity contribution is 5.79. The van der Waals surface area contributed by atoms with E-state index in [0.717, 1.165) is 22.3 Å². The Kier molecular flexibility index (Phi) is 6.46.